The van der Waals surface area contributed by atoms with E-state index in [1.54, 1.807) is 0 Å². The highest BCUT2D eigenvalue weighted by Gasteiger charge is 2.62. The minimum Gasteiger partial charge on any atom is -0.465 e. The fourth-order valence-corrected chi connectivity index (χ4v) is 1.67. The molecule has 0 aromatic carbocycles. The zero-order valence-corrected chi connectivity index (χ0v) is 8.37. The van der Waals surface area contributed by atoms with Crippen molar-refractivity contribution in [2.75, 3.05) is 6.61 Å². The minimum absolute atomic E-state index is 0.142. The standard InChI is InChI=1S/C10H16O3/c1-4-5-13-9(12)8-7(6-11)10(8,2)3/h6-8H,4-5H2,1-3H3/t7-,8+/m0/s1. The molecule has 0 amide bonds. The van der Waals surface area contributed by atoms with Gasteiger partial charge >= 0.3 is 5.97 Å². The molecule has 0 aromatic rings. The van der Waals surface area contributed by atoms with Gasteiger partial charge in [0.15, 0.2) is 0 Å². The molecular weight excluding hydrogens is 168 g/mol. The molecule has 0 bridgehead atoms. The van der Waals surface area contributed by atoms with Crippen molar-refractivity contribution < 1.29 is 14.3 Å². The number of aldehydes is 1. The van der Waals surface area contributed by atoms with E-state index in [-0.39, 0.29) is 23.2 Å². The zero-order valence-electron chi connectivity index (χ0n) is 8.37. The summed E-state index contributed by atoms with van der Waals surface area (Å²) in [5.41, 5.74) is -0.188. The Morgan fingerprint density at radius 3 is 2.54 bits per heavy atom. The van der Waals surface area contributed by atoms with Crippen LogP contribution in [0.1, 0.15) is 27.2 Å². The molecule has 1 fully saturated rings. The summed E-state index contributed by atoms with van der Waals surface area (Å²) < 4.78 is 4.98. The normalized spacial score (nSPS) is 29.5. The first-order chi connectivity index (χ1) is 6.05. The predicted molar refractivity (Wildman–Crippen MR) is 48.1 cm³/mol. The molecule has 3 nitrogen and oxygen atoms in total. The predicted octanol–water partition coefficient (Wildman–Crippen LogP) is 1.41. The Morgan fingerprint density at radius 1 is 1.54 bits per heavy atom. The third-order valence-corrected chi connectivity index (χ3v) is 2.76. The van der Waals surface area contributed by atoms with Gasteiger partial charge in [-0.1, -0.05) is 20.8 Å². The molecule has 0 radical (unpaired) electrons. The summed E-state index contributed by atoms with van der Waals surface area (Å²) in [5.74, 6) is -0.572. The van der Waals surface area contributed by atoms with Gasteiger partial charge in [-0.3, -0.25) is 4.79 Å². The van der Waals surface area contributed by atoms with Crippen molar-refractivity contribution >= 4 is 12.3 Å². The van der Waals surface area contributed by atoms with E-state index in [1.807, 2.05) is 20.8 Å². The van der Waals surface area contributed by atoms with E-state index in [1.165, 1.54) is 0 Å². The second-order valence-corrected chi connectivity index (χ2v) is 4.13. The molecule has 0 aromatic heterocycles. The number of ether oxygens (including phenoxy) is 1. The Labute approximate surface area is 78.5 Å². The molecule has 1 aliphatic rings. The second-order valence-electron chi connectivity index (χ2n) is 4.13. The summed E-state index contributed by atoms with van der Waals surface area (Å²) in [7, 11) is 0. The fourth-order valence-electron chi connectivity index (χ4n) is 1.67. The summed E-state index contributed by atoms with van der Waals surface area (Å²) in [6, 6.07) is 0. The molecule has 0 saturated heterocycles. The first-order valence-corrected chi connectivity index (χ1v) is 4.67. The van der Waals surface area contributed by atoms with Crippen LogP contribution in [0.4, 0.5) is 0 Å². The van der Waals surface area contributed by atoms with Gasteiger partial charge in [0.2, 0.25) is 0 Å². The first kappa shape index (κ1) is 10.2. The van der Waals surface area contributed by atoms with Gasteiger partial charge in [0.1, 0.15) is 6.29 Å². The van der Waals surface area contributed by atoms with Crippen LogP contribution in [0.5, 0.6) is 0 Å². The third kappa shape index (κ3) is 1.74. The van der Waals surface area contributed by atoms with Gasteiger partial charge in [-0.2, -0.15) is 0 Å². The molecule has 1 aliphatic carbocycles. The summed E-state index contributed by atoms with van der Waals surface area (Å²) in [5, 5.41) is 0. The van der Waals surface area contributed by atoms with Gasteiger partial charge in [0, 0.05) is 5.92 Å². The van der Waals surface area contributed by atoms with Gasteiger partial charge in [0.25, 0.3) is 0 Å². The van der Waals surface area contributed by atoms with Gasteiger partial charge < -0.3 is 9.53 Å². The Kier molecular flexibility index (Phi) is 2.74. The molecule has 0 unspecified atom stereocenters. The Morgan fingerprint density at radius 2 is 2.15 bits per heavy atom. The average Bonchev–Trinajstić information content (AvgIpc) is 2.63. The van der Waals surface area contributed by atoms with Crippen molar-refractivity contribution in [1.29, 1.82) is 0 Å². The molecule has 0 spiro atoms. The van der Waals surface area contributed by atoms with E-state index >= 15 is 0 Å². The number of rotatable bonds is 4. The highest BCUT2D eigenvalue weighted by molar-refractivity contribution is 5.84. The van der Waals surface area contributed by atoms with E-state index in [2.05, 4.69) is 0 Å². The number of hydrogen-bond acceptors (Lipinski definition) is 3. The molecule has 13 heavy (non-hydrogen) atoms. The molecule has 1 saturated carbocycles. The van der Waals surface area contributed by atoms with E-state index < -0.39 is 0 Å². The first-order valence-electron chi connectivity index (χ1n) is 4.67. The number of esters is 1. The maximum atomic E-state index is 11.4. The largest absolute Gasteiger partial charge is 0.465 e. The van der Waals surface area contributed by atoms with Crippen LogP contribution in [0, 0.1) is 17.3 Å². The van der Waals surface area contributed by atoms with Crippen molar-refractivity contribution in [2.45, 2.75) is 27.2 Å². The molecule has 1 rings (SSSR count). The highest BCUT2D eigenvalue weighted by atomic mass is 16.5. The van der Waals surface area contributed by atoms with Crippen molar-refractivity contribution in [3.8, 4) is 0 Å². The van der Waals surface area contributed by atoms with Crippen LogP contribution in [-0.4, -0.2) is 18.9 Å². The third-order valence-electron chi connectivity index (χ3n) is 2.76. The molecule has 0 heterocycles. The molecular formula is C10H16O3. The highest BCUT2D eigenvalue weighted by Crippen LogP contribution is 2.57. The van der Waals surface area contributed by atoms with Gasteiger partial charge in [-0.05, 0) is 11.8 Å². The maximum Gasteiger partial charge on any atom is 0.310 e. The number of carbonyl (C=O) groups is 2. The Balaban J connectivity index is 2.46. The van der Waals surface area contributed by atoms with Gasteiger partial charge in [-0.25, -0.2) is 0 Å². The van der Waals surface area contributed by atoms with E-state index in [4.69, 9.17) is 4.74 Å². The van der Waals surface area contributed by atoms with Crippen LogP contribution >= 0.6 is 0 Å². The van der Waals surface area contributed by atoms with Crippen molar-refractivity contribution in [3.05, 3.63) is 0 Å². The van der Waals surface area contributed by atoms with E-state index in [9.17, 15) is 9.59 Å². The lowest BCUT2D eigenvalue weighted by Gasteiger charge is -2.03. The summed E-state index contributed by atoms with van der Waals surface area (Å²) in [6.45, 7) is 6.24. The van der Waals surface area contributed by atoms with E-state index in [0.29, 0.717) is 6.61 Å². The quantitative estimate of drug-likeness (QED) is 0.490. The average molecular weight is 184 g/mol. The number of hydrogen-bond donors (Lipinski definition) is 0. The molecule has 2 atom stereocenters. The maximum absolute atomic E-state index is 11.4. The molecule has 0 aliphatic heterocycles. The Hall–Kier alpha value is -0.860. The lowest BCUT2D eigenvalue weighted by Crippen LogP contribution is -2.11. The molecule has 3 heteroatoms. The summed E-state index contributed by atoms with van der Waals surface area (Å²) in [6.07, 6.45) is 1.68. The van der Waals surface area contributed by atoms with Gasteiger partial charge in [-0.15, -0.1) is 0 Å². The van der Waals surface area contributed by atoms with Crippen LogP contribution in [0.3, 0.4) is 0 Å². The topological polar surface area (TPSA) is 43.4 Å². The van der Waals surface area contributed by atoms with E-state index in [0.717, 1.165) is 12.7 Å². The van der Waals surface area contributed by atoms with Crippen LogP contribution < -0.4 is 0 Å². The fraction of sp³-hybridized carbons (Fsp3) is 0.800. The van der Waals surface area contributed by atoms with Crippen LogP contribution in [0.25, 0.3) is 0 Å². The van der Waals surface area contributed by atoms with Gasteiger partial charge in [0.05, 0.1) is 12.5 Å². The lowest BCUT2D eigenvalue weighted by atomic mass is 10.1. The SMILES string of the molecule is CCCOC(=O)[C@H]1[C@H](C=O)C1(C)C. The van der Waals surface area contributed by atoms with Crippen LogP contribution in [-0.2, 0) is 14.3 Å². The van der Waals surface area contributed by atoms with Crippen molar-refractivity contribution in [2.24, 2.45) is 17.3 Å². The minimum atomic E-state index is -0.219. The van der Waals surface area contributed by atoms with Crippen molar-refractivity contribution in [3.63, 3.8) is 0 Å². The van der Waals surface area contributed by atoms with Crippen LogP contribution in [0.15, 0.2) is 0 Å². The molecule has 0 N–H and O–H groups in total. The summed E-state index contributed by atoms with van der Waals surface area (Å²) in [4.78, 5) is 21.9. The number of carbonyl (C=O) groups excluding carboxylic acids is 2. The summed E-state index contributed by atoms with van der Waals surface area (Å²) >= 11 is 0. The monoisotopic (exact) mass is 184 g/mol. The lowest BCUT2D eigenvalue weighted by molar-refractivity contribution is -0.146. The Bertz CT molecular complexity index is 220. The van der Waals surface area contributed by atoms with Crippen LogP contribution in [0.2, 0.25) is 0 Å². The second kappa shape index (κ2) is 3.48. The van der Waals surface area contributed by atoms with Crippen molar-refractivity contribution in [1.82, 2.24) is 0 Å². The molecule has 74 valence electrons. The zero-order chi connectivity index (χ0) is 10.1. The smallest absolute Gasteiger partial charge is 0.310 e.